The quantitative estimate of drug-likeness (QED) is 0.868. The monoisotopic (exact) mass is 233 g/mol. The molecule has 0 radical (unpaired) electrons. The van der Waals surface area contributed by atoms with Gasteiger partial charge in [-0.05, 0) is 18.2 Å². The van der Waals surface area contributed by atoms with Crippen molar-refractivity contribution in [3.8, 4) is 5.75 Å². The van der Waals surface area contributed by atoms with E-state index in [4.69, 9.17) is 22.1 Å². The number of nitrogens with two attached hydrogens (primary N) is 1. The van der Waals surface area contributed by atoms with E-state index >= 15 is 0 Å². The molecule has 0 aliphatic carbocycles. The van der Waals surface area contributed by atoms with Crippen LogP contribution in [0.15, 0.2) is 30.1 Å². The SMILES string of the molecule is NC/C=C(\F)COc1ccc(F)c(Cl)c1. The summed E-state index contributed by atoms with van der Waals surface area (Å²) in [4.78, 5) is 0. The van der Waals surface area contributed by atoms with Crippen LogP contribution in [0, 0.1) is 5.82 Å². The molecule has 0 fully saturated rings. The Hall–Kier alpha value is -1.13. The first kappa shape index (κ1) is 11.9. The van der Waals surface area contributed by atoms with Crippen molar-refractivity contribution in [2.45, 2.75) is 0 Å². The lowest BCUT2D eigenvalue weighted by molar-refractivity contribution is 0.318. The van der Waals surface area contributed by atoms with Crippen LogP contribution in [0.25, 0.3) is 0 Å². The lowest BCUT2D eigenvalue weighted by Crippen LogP contribution is -2.01. The zero-order chi connectivity index (χ0) is 11.3. The normalized spacial score (nSPS) is 11.6. The first-order valence-electron chi connectivity index (χ1n) is 4.26. The van der Waals surface area contributed by atoms with Gasteiger partial charge in [-0.1, -0.05) is 11.6 Å². The van der Waals surface area contributed by atoms with Gasteiger partial charge in [0.2, 0.25) is 0 Å². The second-order valence-electron chi connectivity index (χ2n) is 2.75. The maximum absolute atomic E-state index is 12.8. The average molecular weight is 234 g/mol. The van der Waals surface area contributed by atoms with E-state index in [2.05, 4.69) is 0 Å². The van der Waals surface area contributed by atoms with E-state index in [1.165, 1.54) is 18.2 Å². The summed E-state index contributed by atoms with van der Waals surface area (Å²) in [5.74, 6) is -0.707. The highest BCUT2D eigenvalue weighted by Crippen LogP contribution is 2.21. The molecule has 15 heavy (non-hydrogen) atoms. The predicted molar refractivity (Wildman–Crippen MR) is 55.2 cm³/mol. The highest BCUT2D eigenvalue weighted by molar-refractivity contribution is 6.30. The molecule has 0 aromatic heterocycles. The first-order chi connectivity index (χ1) is 7.13. The Morgan fingerprint density at radius 1 is 1.53 bits per heavy atom. The Morgan fingerprint density at radius 2 is 2.27 bits per heavy atom. The van der Waals surface area contributed by atoms with Crippen LogP contribution in [-0.2, 0) is 0 Å². The second-order valence-corrected chi connectivity index (χ2v) is 3.16. The number of rotatable bonds is 4. The molecule has 82 valence electrons. The van der Waals surface area contributed by atoms with Crippen LogP contribution in [0.3, 0.4) is 0 Å². The highest BCUT2D eigenvalue weighted by Gasteiger charge is 2.02. The number of ether oxygens (including phenoxy) is 1. The molecule has 0 aliphatic heterocycles. The van der Waals surface area contributed by atoms with Gasteiger partial charge in [-0.3, -0.25) is 0 Å². The van der Waals surface area contributed by atoms with Gasteiger partial charge in [0.25, 0.3) is 0 Å². The van der Waals surface area contributed by atoms with Crippen LogP contribution >= 0.6 is 11.6 Å². The summed E-state index contributed by atoms with van der Waals surface area (Å²) in [5.41, 5.74) is 5.10. The minimum Gasteiger partial charge on any atom is -0.486 e. The lowest BCUT2D eigenvalue weighted by atomic mass is 10.3. The minimum atomic E-state index is -0.540. The van der Waals surface area contributed by atoms with Crippen molar-refractivity contribution in [3.63, 3.8) is 0 Å². The molecule has 1 aromatic carbocycles. The summed E-state index contributed by atoms with van der Waals surface area (Å²) in [6.45, 7) is -0.126. The third-order valence-electron chi connectivity index (χ3n) is 1.61. The average Bonchev–Trinajstić information content (AvgIpc) is 2.20. The van der Waals surface area contributed by atoms with Crippen molar-refractivity contribution >= 4 is 11.6 Å². The lowest BCUT2D eigenvalue weighted by Gasteiger charge is -2.05. The Bertz CT molecular complexity index is 368. The van der Waals surface area contributed by atoms with Crippen LogP contribution < -0.4 is 10.5 Å². The Morgan fingerprint density at radius 3 is 2.87 bits per heavy atom. The standard InChI is InChI=1S/C10H10ClF2NO/c11-9-5-8(1-2-10(9)13)15-6-7(12)3-4-14/h1-3,5H,4,6,14H2/b7-3-. The topological polar surface area (TPSA) is 35.2 Å². The fourth-order valence-electron chi connectivity index (χ4n) is 0.906. The third-order valence-corrected chi connectivity index (χ3v) is 1.90. The second kappa shape index (κ2) is 5.68. The molecule has 1 aromatic rings. The molecule has 5 heteroatoms. The van der Waals surface area contributed by atoms with Crippen LogP contribution in [-0.4, -0.2) is 13.2 Å². The van der Waals surface area contributed by atoms with Crippen molar-refractivity contribution in [1.29, 1.82) is 0 Å². The van der Waals surface area contributed by atoms with Crippen molar-refractivity contribution in [3.05, 3.63) is 40.9 Å². The van der Waals surface area contributed by atoms with Crippen molar-refractivity contribution in [2.24, 2.45) is 5.73 Å². The van der Waals surface area contributed by atoms with Gasteiger partial charge in [-0.2, -0.15) is 0 Å². The fourth-order valence-corrected chi connectivity index (χ4v) is 1.08. The van der Waals surface area contributed by atoms with Crippen molar-refractivity contribution in [1.82, 2.24) is 0 Å². The predicted octanol–water partition coefficient (Wildman–Crippen LogP) is 2.67. The zero-order valence-electron chi connectivity index (χ0n) is 7.84. The van der Waals surface area contributed by atoms with Crippen molar-refractivity contribution < 1.29 is 13.5 Å². The van der Waals surface area contributed by atoms with E-state index in [0.717, 1.165) is 6.07 Å². The number of hydrogen-bond acceptors (Lipinski definition) is 2. The van der Waals surface area contributed by atoms with Crippen LogP contribution in [0.1, 0.15) is 0 Å². The maximum Gasteiger partial charge on any atom is 0.142 e. The molecule has 0 unspecified atom stereocenters. The van der Waals surface area contributed by atoms with Crippen LogP contribution in [0.5, 0.6) is 5.75 Å². The number of hydrogen-bond donors (Lipinski definition) is 1. The van der Waals surface area contributed by atoms with E-state index < -0.39 is 11.6 Å². The third kappa shape index (κ3) is 3.85. The Kier molecular flexibility index (Phi) is 4.52. The fraction of sp³-hybridized carbons (Fsp3) is 0.200. The Labute approximate surface area is 91.3 Å². The van der Waals surface area contributed by atoms with Crippen LogP contribution in [0.2, 0.25) is 5.02 Å². The number of halogens is 3. The zero-order valence-corrected chi connectivity index (χ0v) is 8.60. The summed E-state index contributed by atoms with van der Waals surface area (Å²) in [6.07, 6.45) is 1.20. The summed E-state index contributed by atoms with van der Waals surface area (Å²) in [5, 5.41) is -0.0595. The van der Waals surface area contributed by atoms with Gasteiger partial charge in [-0.15, -0.1) is 0 Å². The molecule has 0 spiro atoms. The molecule has 0 bridgehead atoms. The summed E-state index contributed by atoms with van der Waals surface area (Å²) in [7, 11) is 0. The molecule has 2 nitrogen and oxygen atoms in total. The van der Waals surface area contributed by atoms with Crippen molar-refractivity contribution in [2.75, 3.05) is 13.2 Å². The van der Waals surface area contributed by atoms with Gasteiger partial charge in [-0.25, -0.2) is 8.78 Å². The van der Waals surface area contributed by atoms with Gasteiger partial charge < -0.3 is 10.5 Å². The molecule has 0 saturated carbocycles. The molecule has 1 rings (SSSR count). The first-order valence-corrected chi connectivity index (χ1v) is 4.63. The molecule has 0 saturated heterocycles. The van der Waals surface area contributed by atoms with E-state index in [-0.39, 0.29) is 18.2 Å². The van der Waals surface area contributed by atoms with E-state index in [1.807, 2.05) is 0 Å². The molecule has 0 atom stereocenters. The molecular formula is C10H10ClF2NO. The summed E-state index contributed by atoms with van der Waals surface area (Å²) in [6, 6.07) is 3.81. The minimum absolute atomic E-state index is 0.0595. The maximum atomic E-state index is 12.8. The summed E-state index contributed by atoms with van der Waals surface area (Å²) < 4.78 is 30.6. The largest absolute Gasteiger partial charge is 0.486 e. The van der Waals surface area contributed by atoms with Gasteiger partial charge >= 0.3 is 0 Å². The smallest absolute Gasteiger partial charge is 0.142 e. The molecular weight excluding hydrogens is 224 g/mol. The molecule has 0 heterocycles. The highest BCUT2D eigenvalue weighted by atomic mass is 35.5. The number of benzene rings is 1. The van der Waals surface area contributed by atoms with Gasteiger partial charge in [0.15, 0.2) is 0 Å². The summed E-state index contributed by atoms with van der Waals surface area (Å²) >= 11 is 5.51. The molecule has 0 amide bonds. The van der Waals surface area contributed by atoms with E-state index in [1.54, 1.807) is 0 Å². The molecule has 0 aliphatic rings. The van der Waals surface area contributed by atoms with E-state index in [9.17, 15) is 8.78 Å². The van der Waals surface area contributed by atoms with Gasteiger partial charge in [0, 0.05) is 12.6 Å². The molecule has 2 N–H and O–H groups in total. The van der Waals surface area contributed by atoms with Crippen LogP contribution in [0.4, 0.5) is 8.78 Å². The Balaban J connectivity index is 2.58. The van der Waals surface area contributed by atoms with Gasteiger partial charge in [0.05, 0.1) is 5.02 Å². The van der Waals surface area contributed by atoms with Gasteiger partial charge in [0.1, 0.15) is 24.0 Å². The van der Waals surface area contributed by atoms with E-state index in [0.29, 0.717) is 5.75 Å².